The van der Waals surface area contributed by atoms with E-state index in [0.717, 1.165) is 5.76 Å². The molecule has 1 heterocycles. The largest absolute Gasteiger partial charge is 0.481 e. The van der Waals surface area contributed by atoms with Crippen LogP contribution in [-0.4, -0.2) is 37.6 Å². The van der Waals surface area contributed by atoms with Crippen molar-refractivity contribution in [2.45, 2.75) is 45.8 Å². The molecule has 0 fully saturated rings. The number of amides is 1. The second kappa shape index (κ2) is 8.90. The predicted octanol–water partition coefficient (Wildman–Crippen LogP) is 3.90. The molecule has 5 nitrogen and oxygen atoms in total. The molecule has 5 heteroatoms. The first kappa shape index (κ1) is 20.0. The molecule has 1 aromatic heterocycles. The van der Waals surface area contributed by atoms with Crippen molar-refractivity contribution in [1.82, 2.24) is 10.2 Å². The van der Waals surface area contributed by atoms with Gasteiger partial charge in [-0.3, -0.25) is 9.69 Å². The smallest absolute Gasteiger partial charge is 0.260 e. The minimum atomic E-state index is -0.571. The zero-order chi connectivity index (χ0) is 19.3. The Morgan fingerprint density at radius 2 is 1.96 bits per heavy atom. The number of hydrogen-bond donors (Lipinski definition) is 1. The van der Waals surface area contributed by atoms with Crippen molar-refractivity contribution < 1.29 is 13.9 Å². The van der Waals surface area contributed by atoms with Crippen LogP contribution < -0.4 is 10.1 Å². The van der Waals surface area contributed by atoms with Gasteiger partial charge in [-0.2, -0.15) is 0 Å². The van der Waals surface area contributed by atoms with E-state index in [1.807, 2.05) is 43.3 Å². The van der Waals surface area contributed by atoms with Gasteiger partial charge in [-0.15, -0.1) is 0 Å². The maximum absolute atomic E-state index is 12.4. The quantitative estimate of drug-likeness (QED) is 0.778. The summed E-state index contributed by atoms with van der Waals surface area (Å²) in [5, 5.41) is 2.95. The van der Waals surface area contributed by atoms with Crippen molar-refractivity contribution in [2.24, 2.45) is 0 Å². The fourth-order valence-electron chi connectivity index (χ4n) is 2.99. The first-order valence-electron chi connectivity index (χ1n) is 9.04. The molecule has 0 aliphatic carbocycles. The molecule has 0 bridgehead atoms. The van der Waals surface area contributed by atoms with Crippen LogP contribution >= 0.6 is 0 Å². The number of ether oxygens (including phenoxy) is 1. The maximum atomic E-state index is 12.4. The van der Waals surface area contributed by atoms with Crippen molar-refractivity contribution in [1.29, 1.82) is 0 Å². The van der Waals surface area contributed by atoms with Crippen LogP contribution in [0.4, 0.5) is 0 Å². The molecule has 26 heavy (non-hydrogen) atoms. The highest BCUT2D eigenvalue weighted by Gasteiger charge is 2.21. The first-order valence-corrected chi connectivity index (χ1v) is 9.04. The highest BCUT2D eigenvalue weighted by Crippen LogP contribution is 2.24. The van der Waals surface area contributed by atoms with Gasteiger partial charge < -0.3 is 14.5 Å². The summed E-state index contributed by atoms with van der Waals surface area (Å²) in [6, 6.07) is 9.73. The third-order valence-electron chi connectivity index (χ3n) is 4.51. The Morgan fingerprint density at radius 1 is 1.23 bits per heavy atom. The third-order valence-corrected chi connectivity index (χ3v) is 4.51. The van der Waals surface area contributed by atoms with Crippen molar-refractivity contribution in [3.05, 3.63) is 53.5 Å². The summed E-state index contributed by atoms with van der Waals surface area (Å²) in [6.45, 7) is 8.62. The minimum absolute atomic E-state index is 0.0197. The molecule has 0 aliphatic rings. The average Bonchev–Trinajstić information content (AvgIpc) is 3.08. The minimum Gasteiger partial charge on any atom is -0.481 e. The van der Waals surface area contributed by atoms with E-state index < -0.39 is 6.10 Å². The van der Waals surface area contributed by atoms with Crippen LogP contribution in [0.5, 0.6) is 5.75 Å². The Kier molecular flexibility index (Phi) is 6.86. The number of nitrogens with zero attached hydrogens (tertiary/aromatic N) is 1. The Labute approximate surface area is 156 Å². The Morgan fingerprint density at radius 3 is 2.50 bits per heavy atom. The molecule has 0 saturated heterocycles. The topological polar surface area (TPSA) is 54.7 Å². The summed E-state index contributed by atoms with van der Waals surface area (Å²) in [7, 11) is 3.91. The average molecular weight is 358 g/mol. The molecule has 0 spiro atoms. The van der Waals surface area contributed by atoms with Crippen LogP contribution in [0.2, 0.25) is 0 Å². The van der Waals surface area contributed by atoms with Crippen molar-refractivity contribution in [2.75, 3.05) is 20.6 Å². The molecule has 0 radical (unpaired) electrons. The Hall–Kier alpha value is -2.27. The van der Waals surface area contributed by atoms with E-state index in [2.05, 4.69) is 32.2 Å². The third kappa shape index (κ3) is 5.11. The summed E-state index contributed by atoms with van der Waals surface area (Å²) in [5.41, 5.74) is 2.47. The molecule has 2 aromatic rings. The normalized spacial score (nSPS) is 13.7. The molecule has 0 saturated carbocycles. The fraction of sp³-hybridized carbons (Fsp3) is 0.476. The van der Waals surface area contributed by atoms with E-state index in [1.165, 1.54) is 11.1 Å². The summed E-state index contributed by atoms with van der Waals surface area (Å²) in [5.74, 6) is 1.86. The van der Waals surface area contributed by atoms with Gasteiger partial charge in [0.1, 0.15) is 11.5 Å². The van der Waals surface area contributed by atoms with Gasteiger partial charge in [-0.05, 0) is 69.3 Å². The molecular formula is C21H30N2O3. The number of furan rings is 1. The van der Waals surface area contributed by atoms with E-state index in [1.54, 1.807) is 13.2 Å². The SMILES string of the molecule is Cc1cc(OC(C)C(=O)NCC(c2ccco2)N(C)C)ccc1C(C)C. The fourth-order valence-corrected chi connectivity index (χ4v) is 2.99. The highest BCUT2D eigenvalue weighted by atomic mass is 16.5. The highest BCUT2D eigenvalue weighted by molar-refractivity contribution is 5.80. The first-order chi connectivity index (χ1) is 12.3. The molecule has 2 atom stereocenters. The number of carbonyl (C=O) groups is 1. The molecule has 1 aromatic carbocycles. The summed E-state index contributed by atoms with van der Waals surface area (Å²) in [6.07, 6.45) is 1.07. The number of likely N-dealkylation sites (N-methyl/N-ethyl adjacent to an activating group) is 1. The summed E-state index contributed by atoms with van der Waals surface area (Å²) < 4.78 is 11.3. The number of aryl methyl sites for hydroxylation is 1. The van der Waals surface area contributed by atoms with Crippen LogP contribution in [0.1, 0.15) is 49.6 Å². The van der Waals surface area contributed by atoms with Crippen LogP contribution in [0.25, 0.3) is 0 Å². The lowest BCUT2D eigenvalue weighted by molar-refractivity contribution is -0.127. The van der Waals surface area contributed by atoms with Gasteiger partial charge in [-0.1, -0.05) is 19.9 Å². The standard InChI is InChI=1S/C21H30N2O3/c1-14(2)18-10-9-17(12-15(18)3)26-16(4)21(24)22-13-19(23(5)6)20-8-7-11-25-20/h7-12,14,16,19H,13H2,1-6H3,(H,22,24). The monoisotopic (exact) mass is 358 g/mol. The molecule has 142 valence electrons. The zero-order valence-corrected chi connectivity index (χ0v) is 16.6. The van der Waals surface area contributed by atoms with Crippen LogP contribution in [0, 0.1) is 6.92 Å². The van der Waals surface area contributed by atoms with Crippen molar-refractivity contribution in [3.63, 3.8) is 0 Å². The molecule has 1 N–H and O–H groups in total. The van der Waals surface area contributed by atoms with Gasteiger partial charge in [0, 0.05) is 6.54 Å². The Bertz CT molecular complexity index is 708. The van der Waals surface area contributed by atoms with Gasteiger partial charge in [0.15, 0.2) is 6.10 Å². The van der Waals surface area contributed by atoms with Crippen molar-refractivity contribution in [3.8, 4) is 5.75 Å². The summed E-state index contributed by atoms with van der Waals surface area (Å²) >= 11 is 0. The number of carbonyl (C=O) groups excluding carboxylic acids is 1. The lowest BCUT2D eigenvalue weighted by Crippen LogP contribution is -2.40. The van der Waals surface area contributed by atoms with Crippen LogP contribution in [0.3, 0.4) is 0 Å². The summed E-state index contributed by atoms with van der Waals surface area (Å²) in [4.78, 5) is 14.4. The van der Waals surface area contributed by atoms with E-state index in [-0.39, 0.29) is 11.9 Å². The Balaban J connectivity index is 1.94. The number of hydrogen-bond acceptors (Lipinski definition) is 4. The van der Waals surface area contributed by atoms with Gasteiger partial charge in [0.25, 0.3) is 5.91 Å². The van der Waals surface area contributed by atoms with E-state index in [0.29, 0.717) is 18.2 Å². The van der Waals surface area contributed by atoms with Crippen molar-refractivity contribution >= 4 is 5.91 Å². The maximum Gasteiger partial charge on any atom is 0.260 e. The van der Waals surface area contributed by atoms with Gasteiger partial charge in [0.2, 0.25) is 0 Å². The zero-order valence-electron chi connectivity index (χ0n) is 16.6. The number of nitrogens with one attached hydrogen (secondary N) is 1. The van der Waals surface area contributed by atoms with Gasteiger partial charge >= 0.3 is 0 Å². The van der Waals surface area contributed by atoms with Crippen LogP contribution in [-0.2, 0) is 4.79 Å². The number of rotatable bonds is 8. The van der Waals surface area contributed by atoms with E-state index >= 15 is 0 Å². The molecule has 1 amide bonds. The van der Waals surface area contributed by atoms with Crippen LogP contribution in [0.15, 0.2) is 41.0 Å². The molecular weight excluding hydrogens is 328 g/mol. The number of benzene rings is 1. The predicted molar refractivity (Wildman–Crippen MR) is 104 cm³/mol. The molecule has 0 aliphatic heterocycles. The van der Waals surface area contributed by atoms with E-state index in [4.69, 9.17) is 9.15 Å². The van der Waals surface area contributed by atoms with Gasteiger partial charge in [-0.25, -0.2) is 0 Å². The van der Waals surface area contributed by atoms with Gasteiger partial charge in [0.05, 0.1) is 12.3 Å². The second-order valence-electron chi connectivity index (χ2n) is 7.17. The van der Waals surface area contributed by atoms with E-state index in [9.17, 15) is 4.79 Å². The lowest BCUT2D eigenvalue weighted by Gasteiger charge is -2.23. The second-order valence-corrected chi connectivity index (χ2v) is 7.17. The molecule has 2 unspecified atom stereocenters. The lowest BCUT2D eigenvalue weighted by atomic mass is 9.98. The molecule has 2 rings (SSSR count).